The molecule has 0 unspecified atom stereocenters. The van der Waals surface area contributed by atoms with Crippen molar-refractivity contribution in [1.29, 1.82) is 0 Å². The van der Waals surface area contributed by atoms with Gasteiger partial charge in [0.05, 0.1) is 5.56 Å². The number of hydrogen-bond donors (Lipinski definition) is 1. The number of hydrogen-bond acceptors (Lipinski definition) is 3. The smallest absolute Gasteiger partial charge is 0.416 e. The van der Waals surface area contributed by atoms with Gasteiger partial charge in [0.15, 0.2) is 0 Å². The first kappa shape index (κ1) is 24.1. The Balaban J connectivity index is 1.62. The number of alkyl halides is 5. The summed E-state index contributed by atoms with van der Waals surface area (Å²) in [6, 6.07) is 9.36. The van der Waals surface area contributed by atoms with Gasteiger partial charge in [-0.3, -0.25) is 10.4 Å². The van der Waals surface area contributed by atoms with E-state index in [0.717, 1.165) is 48.2 Å². The predicted molar refractivity (Wildman–Crippen MR) is 120 cm³/mol. The maximum Gasteiger partial charge on any atom is 0.416 e. The first-order valence-electron chi connectivity index (χ1n) is 11.3. The highest BCUT2D eigenvalue weighted by molar-refractivity contribution is 5.37. The molecule has 0 fully saturated rings. The molecule has 0 spiro atoms. The minimum absolute atomic E-state index is 0.0210. The third kappa shape index (κ3) is 5.37. The summed E-state index contributed by atoms with van der Waals surface area (Å²) in [4.78, 5) is 0. The van der Waals surface area contributed by atoms with E-state index in [-0.39, 0.29) is 17.2 Å². The normalized spacial score (nSPS) is 17.0. The Bertz CT molecular complexity index is 1120. The molecule has 0 atom stereocenters. The van der Waals surface area contributed by atoms with Crippen molar-refractivity contribution in [1.82, 2.24) is 10.4 Å². The van der Waals surface area contributed by atoms with Crippen molar-refractivity contribution in [3.8, 4) is 5.75 Å². The number of halogens is 5. The summed E-state index contributed by atoms with van der Waals surface area (Å²) in [5, 5.41) is 1.41. The fraction of sp³-hybridized carbons (Fsp3) is 0.385. The number of nitrogens with one attached hydrogen (secondary N) is 1. The van der Waals surface area contributed by atoms with Gasteiger partial charge < -0.3 is 4.74 Å². The minimum Gasteiger partial charge on any atom is -0.440 e. The van der Waals surface area contributed by atoms with Gasteiger partial charge in [0.25, 0.3) is 5.92 Å². The molecule has 1 heterocycles. The fourth-order valence-electron chi connectivity index (χ4n) is 4.50. The van der Waals surface area contributed by atoms with Gasteiger partial charge in [-0.05, 0) is 68.9 Å². The molecular weight excluding hydrogens is 451 g/mol. The Morgan fingerprint density at radius 1 is 0.941 bits per heavy atom. The predicted octanol–water partition coefficient (Wildman–Crippen LogP) is 7.37. The molecule has 0 aromatic heterocycles. The number of rotatable bonds is 5. The SMILES string of the molecule is Cc1ccc(C(F)(F)CN2NC(Oc3cccc(C(F)(F)F)c3)=CC3=C2CCCCC3)c(C)c1. The average Bonchev–Trinajstić information content (AvgIpc) is 2.98. The number of allylic oxidation sites excluding steroid dienone is 3. The molecule has 2 aromatic carbocycles. The van der Waals surface area contributed by atoms with Crippen LogP contribution >= 0.6 is 0 Å². The van der Waals surface area contributed by atoms with E-state index in [2.05, 4.69) is 5.43 Å². The Labute approximate surface area is 195 Å². The van der Waals surface area contributed by atoms with E-state index < -0.39 is 24.2 Å². The summed E-state index contributed by atoms with van der Waals surface area (Å²) < 4.78 is 75.9. The van der Waals surface area contributed by atoms with E-state index in [4.69, 9.17) is 4.74 Å². The fourth-order valence-corrected chi connectivity index (χ4v) is 4.50. The summed E-state index contributed by atoms with van der Waals surface area (Å²) in [6.45, 7) is 2.89. The van der Waals surface area contributed by atoms with Crippen LogP contribution in [0.2, 0.25) is 0 Å². The number of nitrogens with zero attached hydrogens (tertiary/aromatic N) is 1. The largest absolute Gasteiger partial charge is 0.440 e. The molecule has 8 heteroatoms. The van der Waals surface area contributed by atoms with E-state index in [1.807, 2.05) is 6.92 Å². The third-order valence-electron chi connectivity index (χ3n) is 6.13. The Morgan fingerprint density at radius 3 is 2.44 bits per heavy atom. The van der Waals surface area contributed by atoms with Crippen LogP contribution in [0.15, 0.2) is 65.7 Å². The highest BCUT2D eigenvalue weighted by Gasteiger charge is 2.38. The maximum atomic E-state index is 15.4. The van der Waals surface area contributed by atoms with Gasteiger partial charge in [-0.15, -0.1) is 0 Å². The molecule has 4 rings (SSSR count). The number of benzene rings is 2. The Morgan fingerprint density at radius 2 is 1.71 bits per heavy atom. The lowest BCUT2D eigenvalue weighted by molar-refractivity contribution is -0.137. The molecule has 1 N–H and O–H groups in total. The van der Waals surface area contributed by atoms with Gasteiger partial charge in [0.1, 0.15) is 12.3 Å². The zero-order valence-electron chi connectivity index (χ0n) is 19.1. The van der Waals surface area contributed by atoms with E-state index in [9.17, 15) is 13.2 Å². The van der Waals surface area contributed by atoms with Gasteiger partial charge >= 0.3 is 6.18 Å². The first-order valence-corrected chi connectivity index (χ1v) is 11.3. The second-order valence-electron chi connectivity index (χ2n) is 8.89. The highest BCUT2D eigenvalue weighted by atomic mass is 19.4. The van der Waals surface area contributed by atoms with Crippen molar-refractivity contribution < 1.29 is 26.7 Å². The number of hydrazine groups is 1. The molecule has 2 aromatic rings. The monoisotopic (exact) mass is 478 g/mol. The summed E-state index contributed by atoms with van der Waals surface area (Å²) >= 11 is 0. The maximum absolute atomic E-state index is 15.4. The zero-order valence-corrected chi connectivity index (χ0v) is 19.1. The molecule has 0 radical (unpaired) electrons. The number of ether oxygens (including phenoxy) is 1. The van der Waals surface area contributed by atoms with E-state index in [1.54, 1.807) is 25.1 Å². The lowest BCUT2D eigenvalue weighted by Crippen LogP contribution is -2.46. The molecule has 34 heavy (non-hydrogen) atoms. The average molecular weight is 479 g/mol. The summed E-state index contributed by atoms with van der Waals surface area (Å²) in [5.74, 6) is -3.06. The van der Waals surface area contributed by atoms with Crippen LogP contribution in [0.5, 0.6) is 5.75 Å². The Kier molecular flexibility index (Phi) is 6.60. The van der Waals surface area contributed by atoms with Gasteiger partial charge in [0, 0.05) is 17.3 Å². The molecule has 0 amide bonds. The lowest BCUT2D eigenvalue weighted by atomic mass is 9.99. The van der Waals surface area contributed by atoms with Crippen LogP contribution in [-0.4, -0.2) is 11.6 Å². The van der Waals surface area contributed by atoms with Crippen LogP contribution in [0.1, 0.15) is 54.4 Å². The Hall–Kier alpha value is -3.03. The van der Waals surface area contributed by atoms with Crippen molar-refractivity contribution in [3.05, 3.63) is 87.9 Å². The van der Waals surface area contributed by atoms with Crippen molar-refractivity contribution in [2.24, 2.45) is 0 Å². The molecule has 1 aliphatic heterocycles. The van der Waals surface area contributed by atoms with Gasteiger partial charge in [-0.1, -0.05) is 36.2 Å². The summed E-state index contributed by atoms with van der Waals surface area (Å²) in [5.41, 5.74) is 5.07. The molecule has 0 saturated heterocycles. The molecule has 0 bridgehead atoms. The lowest BCUT2D eigenvalue weighted by Gasteiger charge is -2.36. The second-order valence-corrected chi connectivity index (χ2v) is 8.89. The zero-order chi connectivity index (χ0) is 24.5. The molecular formula is C26H27F5N2O. The molecule has 2 aliphatic rings. The summed E-state index contributed by atoms with van der Waals surface area (Å²) in [6.07, 6.45) is 1.30. The topological polar surface area (TPSA) is 24.5 Å². The van der Waals surface area contributed by atoms with Crippen molar-refractivity contribution in [3.63, 3.8) is 0 Å². The third-order valence-corrected chi connectivity index (χ3v) is 6.13. The quantitative estimate of drug-likeness (QED) is 0.454. The van der Waals surface area contributed by atoms with E-state index in [0.29, 0.717) is 18.4 Å². The van der Waals surface area contributed by atoms with Crippen molar-refractivity contribution in [2.75, 3.05) is 6.54 Å². The molecule has 182 valence electrons. The molecule has 1 aliphatic carbocycles. The number of aryl methyl sites for hydroxylation is 2. The van der Waals surface area contributed by atoms with Crippen LogP contribution < -0.4 is 10.2 Å². The van der Waals surface area contributed by atoms with Crippen molar-refractivity contribution >= 4 is 0 Å². The molecule has 3 nitrogen and oxygen atoms in total. The van der Waals surface area contributed by atoms with Crippen LogP contribution in [0.4, 0.5) is 22.0 Å². The van der Waals surface area contributed by atoms with Crippen LogP contribution in [0.3, 0.4) is 0 Å². The standard InChI is InChI=1S/C26H27F5N2O/c1-17-11-12-22(18(2)13-17)25(27,28)16-33-23-10-5-3-4-7-19(23)14-24(32-33)34-21-9-6-8-20(15-21)26(29,30)31/h6,8-9,11-15,32H,3-5,7,10,16H2,1-2H3. The van der Waals surface area contributed by atoms with Crippen LogP contribution in [-0.2, 0) is 12.1 Å². The van der Waals surface area contributed by atoms with E-state index in [1.165, 1.54) is 23.2 Å². The minimum atomic E-state index is -4.51. The van der Waals surface area contributed by atoms with Crippen LogP contribution in [0, 0.1) is 13.8 Å². The van der Waals surface area contributed by atoms with Gasteiger partial charge in [-0.25, -0.2) is 0 Å². The van der Waals surface area contributed by atoms with Gasteiger partial charge in [-0.2, -0.15) is 22.0 Å². The molecule has 0 saturated carbocycles. The second kappa shape index (κ2) is 9.31. The van der Waals surface area contributed by atoms with E-state index >= 15 is 8.78 Å². The first-order chi connectivity index (χ1) is 16.0. The van der Waals surface area contributed by atoms with Crippen molar-refractivity contribution in [2.45, 2.75) is 58.1 Å². The van der Waals surface area contributed by atoms with Gasteiger partial charge in [0.2, 0.25) is 5.88 Å². The highest BCUT2D eigenvalue weighted by Crippen LogP contribution is 2.37. The van der Waals surface area contributed by atoms with Crippen LogP contribution in [0.25, 0.3) is 0 Å². The summed E-state index contributed by atoms with van der Waals surface area (Å²) in [7, 11) is 0.